The van der Waals surface area contributed by atoms with E-state index in [9.17, 15) is 14.7 Å². The number of aliphatic imine (C=N–C) groups is 1. The molecule has 2 aliphatic rings. The van der Waals surface area contributed by atoms with Crippen molar-refractivity contribution in [1.82, 2.24) is 14.5 Å². The highest BCUT2D eigenvalue weighted by molar-refractivity contribution is 6.32. The van der Waals surface area contributed by atoms with E-state index in [1.165, 1.54) is 13.2 Å². The molecule has 0 spiro atoms. The molecular weight excluding hydrogens is 470 g/mol. The summed E-state index contributed by atoms with van der Waals surface area (Å²) in [6, 6.07) is 14.7. The van der Waals surface area contributed by atoms with Crippen LogP contribution < -0.4 is 4.90 Å². The van der Waals surface area contributed by atoms with Gasteiger partial charge in [-0.1, -0.05) is 48.0 Å². The molecule has 0 unspecified atom stereocenters. The number of nitrogens with zero attached hydrogens (tertiary/aromatic N) is 5. The van der Waals surface area contributed by atoms with Gasteiger partial charge in [-0.3, -0.25) is 14.6 Å². The molecule has 5 rings (SSSR count). The summed E-state index contributed by atoms with van der Waals surface area (Å²) in [6.07, 6.45) is 0.721. The molecular formula is C25H24ClN5O4. The predicted octanol–water partition coefficient (Wildman–Crippen LogP) is 3.34. The topological polar surface area (TPSA) is 100 Å². The highest BCUT2D eigenvalue weighted by atomic mass is 35.5. The monoisotopic (exact) mass is 493 g/mol. The minimum Gasteiger partial charge on any atom is -0.506 e. The molecule has 3 aromatic rings. The second-order valence-electron chi connectivity index (χ2n) is 8.40. The second kappa shape index (κ2) is 9.07. The van der Waals surface area contributed by atoms with E-state index in [1.807, 2.05) is 30.0 Å². The molecule has 0 radical (unpaired) electrons. The normalized spacial score (nSPS) is 16.7. The average Bonchev–Trinajstić information content (AvgIpc) is 3.44. The van der Waals surface area contributed by atoms with Crippen molar-refractivity contribution >= 4 is 35.3 Å². The molecule has 0 saturated carbocycles. The molecule has 1 N–H and O–H groups in total. The molecule has 0 saturated heterocycles. The number of hydrogen-bond donors (Lipinski definition) is 1. The smallest absolute Gasteiger partial charge is 0.374 e. The van der Waals surface area contributed by atoms with Gasteiger partial charge in [-0.15, -0.1) is 0 Å². The molecule has 0 fully saturated rings. The summed E-state index contributed by atoms with van der Waals surface area (Å²) in [5, 5.41) is 9.96. The van der Waals surface area contributed by atoms with Crippen LogP contribution in [0.25, 0.3) is 0 Å². The fourth-order valence-corrected chi connectivity index (χ4v) is 4.74. The van der Waals surface area contributed by atoms with Gasteiger partial charge in [0.05, 0.1) is 31.3 Å². The highest BCUT2D eigenvalue weighted by Crippen LogP contribution is 2.34. The first-order chi connectivity index (χ1) is 16.9. The Hall–Kier alpha value is -3.85. The zero-order valence-corrected chi connectivity index (χ0v) is 20.1. The summed E-state index contributed by atoms with van der Waals surface area (Å²) in [5.41, 5.74) is 2.13. The van der Waals surface area contributed by atoms with Gasteiger partial charge in [-0.2, -0.15) is 0 Å². The molecule has 180 valence electrons. The van der Waals surface area contributed by atoms with Crippen LogP contribution in [0.15, 0.2) is 53.5 Å². The Morgan fingerprint density at radius 1 is 1.20 bits per heavy atom. The van der Waals surface area contributed by atoms with Gasteiger partial charge < -0.3 is 14.4 Å². The number of aromatic nitrogens is 2. The van der Waals surface area contributed by atoms with E-state index in [0.717, 1.165) is 12.0 Å². The first kappa shape index (κ1) is 22.9. The van der Waals surface area contributed by atoms with Gasteiger partial charge in [-0.25, -0.2) is 14.8 Å². The third kappa shape index (κ3) is 4.01. The fraction of sp³-hybridized carbons (Fsp3) is 0.280. The minimum absolute atomic E-state index is 0.0128. The number of phenolic OH excluding ortho intramolecular Hbond substituents is 1. The van der Waals surface area contributed by atoms with E-state index in [4.69, 9.17) is 21.3 Å². The number of carbonyl (C=O) groups is 2. The molecule has 2 aliphatic heterocycles. The summed E-state index contributed by atoms with van der Waals surface area (Å²) in [5.74, 6) is -0.0475. The standard InChI is InChI=1S/C25H24ClN5O4/c1-3-29-23(33)20-21(31-14-17(27-25(29)31)11-15-7-5-4-6-8-15)28-22(24(34)35-2)30(20)13-16-9-10-19(32)18(26)12-16/h4-10,12,17,32H,3,11,13-14H2,1-2H3/t17-/m1/s1. The Morgan fingerprint density at radius 2 is 1.97 bits per heavy atom. The van der Waals surface area contributed by atoms with E-state index in [2.05, 4.69) is 17.1 Å². The van der Waals surface area contributed by atoms with Crippen LogP contribution in [0.3, 0.4) is 0 Å². The number of phenols is 1. The Bertz CT molecular complexity index is 1340. The van der Waals surface area contributed by atoms with Crippen LogP contribution in [0.4, 0.5) is 5.82 Å². The molecule has 0 aliphatic carbocycles. The summed E-state index contributed by atoms with van der Waals surface area (Å²) in [4.78, 5) is 39.3. The maximum atomic E-state index is 13.7. The predicted molar refractivity (Wildman–Crippen MR) is 131 cm³/mol. The van der Waals surface area contributed by atoms with Gasteiger partial charge in [-0.05, 0) is 36.6 Å². The van der Waals surface area contributed by atoms with Crippen LogP contribution >= 0.6 is 11.6 Å². The fourth-order valence-electron chi connectivity index (χ4n) is 4.53. The molecule has 35 heavy (non-hydrogen) atoms. The van der Waals surface area contributed by atoms with Crippen LogP contribution in [0.2, 0.25) is 5.02 Å². The van der Waals surface area contributed by atoms with Gasteiger partial charge in [0.1, 0.15) is 5.75 Å². The molecule has 10 heteroatoms. The Kier molecular flexibility index (Phi) is 5.94. The zero-order chi connectivity index (χ0) is 24.7. The number of ether oxygens (including phenoxy) is 1. The van der Waals surface area contributed by atoms with Crippen LogP contribution in [0.1, 0.15) is 39.2 Å². The molecule has 1 aromatic heterocycles. The summed E-state index contributed by atoms with van der Waals surface area (Å²) >= 11 is 6.09. The number of guanidine groups is 1. The number of esters is 1. The van der Waals surface area contributed by atoms with Crippen molar-refractivity contribution < 1.29 is 19.4 Å². The van der Waals surface area contributed by atoms with Crippen LogP contribution in [0.5, 0.6) is 5.75 Å². The van der Waals surface area contributed by atoms with Gasteiger partial charge in [0.2, 0.25) is 11.8 Å². The van der Waals surface area contributed by atoms with E-state index < -0.39 is 5.97 Å². The number of benzene rings is 2. The van der Waals surface area contributed by atoms with Crippen LogP contribution in [0, 0.1) is 0 Å². The SMILES string of the molecule is CCN1C(=O)c2c(nc(C(=O)OC)n2Cc2ccc(O)c(Cl)c2)N2C[C@@H](Cc3ccccc3)N=C12. The largest absolute Gasteiger partial charge is 0.506 e. The van der Waals surface area contributed by atoms with Gasteiger partial charge in [0, 0.05) is 6.54 Å². The van der Waals surface area contributed by atoms with Crippen molar-refractivity contribution in [2.75, 3.05) is 25.1 Å². The summed E-state index contributed by atoms with van der Waals surface area (Å²) in [6.45, 7) is 2.97. The van der Waals surface area contributed by atoms with E-state index in [1.54, 1.807) is 21.6 Å². The van der Waals surface area contributed by atoms with Crippen molar-refractivity contribution in [2.45, 2.75) is 25.9 Å². The van der Waals surface area contributed by atoms with Crippen LogP contribution in [-0.2, 0) is 17.7 Å². The summed E-state index contributed by atoms with van der Waals surface area (Å²) < 4.78 is 6.52. The van der Waals surface area contributed by atoms with E-state index >= 15 is 0 Å². The Balaban J connectivity index is 1.57. The lowest BCUT2D eigenvalue weighted by Gasteiger charge is -2.33. The lowest BCUT2D eigenvalue weighted by atomic mass is 10.1. The maximum Gasteiger partial charge on any atom is 0.374 e. The number of fused-ring (bicyclic) bond motifs is 3. The van der Waals surface area contributed by atoms with Gasteiger partial charge >= 0.3 is 5.97 Å². The van der Waals surface area contributed by atoms with Gasteiger partial charge in [0.25, 0.3) is 5.91 Å². The quantitative estimate of drug-likeness (QED) is 0.529. The third-order valence-electron chi connectivity index (χ3n) is 6.18. The van der Waals surface area contributed by atoms with E-state index in [0.29, 0.717) is 30.4 Å². The van der Waals surface area contributed by atoms with Crippen molar-refractivity contribution in [3.8, 4) is 5.75 Å². The number of carbonyl (C=O) groups excluding carboxylic acids is 2. The maximum absolute atomic E-state index is 13.7. The van der Waals surface area contributed by atoms with Crippen molar-refractivity contribution in [2.24, 2.45) is 4.99 Å². The first-order valence-corrected chi connectivity index (χ1v) is 11.7. The third-order valence-corrected chi connectivity index (χ3v) is 6.48. The molecule has 3 heterocycles. The number of methoxy groups -OCH3 is 1. The minimum atomic E-state index is -0.654. The Morgan fingerprint density at radius 3 is 2.66 bits per heavy atom. The number of halogens is 1. The lowest BCUT2D eigenvalue weighted by molar-refractivity contribution is 0.0581. The number of anilines is 1. The first-order valence-electron chi connectivity index (χ1n) is 11.3. The Labute approximate surface area is 207 Å². The molecule has 2 aromatic carbocycles. The van der Waals surface area contributed by atoms with Gasteiger partial charge in [0.15, 0.2) is 11.5 Å². The molecule has 9 nitrogen and oxygen atoms in total. The number of hydrogen-bond acceptors (Lipinski definition) is 7. The highest BCUT2D eigenvalue weighted by Gasteiger charge is 2.44. The average molecular weight is 494 g/mol. The number of aromatic hydroxyl groups is 1. The van der Waals surface area contributed by atoms with E-state index in [-0.39, 0.29) is 40.8 Å². The number of imidazole rings is 1. The van der Waals surface area contributed by atoms with Crippen molar-refractivity contribution in [3.63, 3.8) is 0 Å². The van der Waals surface area contributed by atoms with Crippen molar-refractivity contribution in [1.29, 1.82) is 0 Å². The second-order valence-corrected chi connectivity index (χ2v) is 8.81. The van der Waals surface area contributed by atoms with Crippen LogP contribution in [-0.4, -0.2) is 63.6 Å². The number of amides is 1. The van der Waals surface area contributed by atoms with Crippen molar-refractivity contribution in [3.05, 3.63) is 76.2 Å². The molecule has 1 amide bonds. The zero-order valence-electron chi connectivity index (χ0n) is 19.3. The molecule has 0 bridgehead atoms. The lowest BCUT2D eigenvalue weighted by Crippen LogP contribution is -2.50. The molecule has 1 atom stereocenters. The summed E-state index contributed by atoms with van der Waals surface area (Å²) in [7, 11) is 1.27. The number of rotatable bonds is 6.